The van der Waals surface area contributed by atoms with Crippen molar-refractivity contribution in [2.24, 2.45) is 5.92 Å². The van der Waals surface area contributed by atoms with E-state index in [-0.39, 0.29) is 25.7 Å². The maximum absolute atomic E-state index is 13.1. The molecule has 0 rings (SSSR count). The molecule has 0 aromatic rings. The molecule has 0 aliphatic heterocycles. The Hall–Kier alpha value is -1.94. The monoisotopic (exact) mass is 1480 g/mol. The van der Waals surface area contributed by atoms with Crippen molar-refractivity contribution in [1.29, 1.82) is 0 Å². The molecule has 0 heterocycles. The minimum atomic E-state index is -4.96. The lowest BCUT2D eigenvalue weighted by atomic mass is 9.99. The average molecular weight is 1480 g/mol. The SMILES string of the molecule is CCCCCCCCCCCCCCCC(=O)OC[C@H](COP(=O)(O)OC[C@H](O)COP(=O)(O)OC[C@@H](COC(=O)CCCCCCCCCCCCCCC)OC(=O)CCCCCCCCCCCCCCCCCCCCC(C)CC)OC(=O)CCCCCCCCCCCCCCC. The second kappa shape index (κ2) is 74.9. The Balaban J connectivity index is 5.21. The van der Waals surface area contributed by atoms with E-state index < -0.39 is 97.5 Å². The van der Waals surface area contributed by atoms with Crippen LogP contribution in [0.2, 0.25) is 0 Å². The molecule has 0 saturated carbocycles. The lowest BCUT2D eigenvalue weighted by molar-refractivity contribution is -0.161. The van der Waals surface area contributed by atoms with Crippen molar-refractivity contribution >= 4 is 39.5 Å². The summed E-state index contributed by atoms with van der Waals surface area (Å²) in [5.74, 6) is -1.23. The number of aliphatic hydroxyl groups excluding tert-OH is 1. The summed E-state index contributed by atoms with van der Waals surface area (Å²) in [4.78, 5) is 73.1. The predicted molar refractivity (Wildman–Crippen MR) is 414 cm³/mol. The van der Waals surface area contributed by atoms with Gasteiger partial charge in [-0.25, -0.2) is 9.13 Å². The summed E-state index contributed by atoms with van der Waals surface area (Å²) in [6.07, 6.45) is 66.4. The molecule has 0 amide bonds. The topological polar surface area (TPSA) is 237 Å². The molecule has 6 atom stereocenters. The highest BCUT2D eigenvalue weighted by molar-refractivity contribution is 7.47. The maximum atomic E-state index is 13.1. The van der Waals surface area contributed by atoms with Gasteiger partial charge in [0, 0.05) is 25.7 Å². The Morgan fingerprint density at radius 2 is 0.475 bits per heavy atom. The minimum absolute atomic E-state index is 0.109. The first-order valence-corrected chi connectivity index (χ1v) is 45.7. The highest BCUT2D eigenvalue weighted by atomic mass is 31.2. The normalized spacial score (nSPS) is 14.1. The zero-order valence-electron chi connectivity index (χ0n) is 66.1. The molecule has 0 aliphatic carbocycles. The van der Waals surface area contributed by atoms with E-state index in [0.717, 1.165) is 95.8 Å². The number of phosphoric ester groups is 2. The number of aliphatic hydroxyl groups is 1. The number of rotatable bonds is 82. The Morgan fingerprint density at radius 3 is 0.703 bits per heavy atom. The van der Waals surface area contributed by atoms with Gasteiger partial charge in [-0.15, -0.1) is 0 Å². The number of hydrogen-bond donors (Lipinski definition) is 3. The van der Waals surface area contributed by atoms with Crippen molar-refractivity contribution in [2.75, 3.05) is 39.6 Å². The third-order valence-electron chi connectivity index (χ3n) is 19.6. The number of hydrogen-bond acceptors (Lipinski definition) is 15. The molecule has 0 aromatic carbocycles. The van der Waals surface area contributed by atoms with Crippen LogP contribution in [0.15, 0.2) is 0 Å². The number of ether oxygens (including phenoxy) is 4. The molecule has 600 valence electrons. The fraction of sp³-hybridized carbons (Fsp3) is 0.951. The van der Waals surface area contributed by atoms with E-state index in [1.165, 1.54) is 263 Å². The van der Waals surface area contributed by atoms with Crippen LogP contribution in [0, 0.1) is 5.92 Å². The average Bonchev–Trinajstić information content (AvgIpc) is 0.982. The molecule has 101 heavy (non-hydrogen) atoms. The second-order valence-corrected chi connectivity index (χ2v) is 32.7. The van der Waals surface area contributed by atoms with Crippen molar-refractivity contribution < 1.29 is 80.2 Å². The van der Waals surface area contributed by atoms with E-state index in [0.29, 0.717) is 25.7 Å². The summed E-state index contributed by atoms with van der Waals surface area (Å²) in [7, 11) is -9.92. The molecule has 3 unspecified atom stereocenters. The van der Waals surface area contributed by atoms with E-state index >= 15 is 0 Å². The molecular weight excluding hydrogens is 1320 g/mol. The van der Waals surface area contributed by atoms with Crippen LogP contribution in [-0.2, 0) is 65.4 Å². The quantitative estimate of drug-likeness (QED) is 0.0222. The zero-order chi connectivity index (χ0) is 74.1. The summed E-state index contributed by atoms with van der Waals surface area (Å²) in [6, 6.07) is 0. The first-order chi connectivity index (χ1) is 49.1. The molecule has 17 nitrogen and oxygen atoms in total. The van der Waals surface area contributed by atoms with Crippen LogP contribution in [0.4, 0.5) is 0 Å². The van der Waals surface area contributed by atoms with Gasteiger partial charge in [0.05, 0.1) is 26.4 Å². The van der Waals surface area contributed by atoms with Crippen LogP contribution in [-0.4, -0.2) is 96.7 Å². The van der Waals surface area contributed by atoms with E-state index in [9.17, 15) is 43.2 Å². The first-order valence-electron chi connectivity index (χ1n) is 42.7. The molecule has 19 heteroatoms. The Bertz CT molecular complexity index is 1930. The highest BCUT2D eigenvalue weighted by Crippen LogP contribution is 2.45. The van der Waals surface area contributed by atoms with Gasteiger partial charge in [0.2, 0.25) is 0 Å². The third-order valence-corrected chi connectivity index (χ3v) is 21.5. The summed E-state index contributed by atoms with van der Waals surface area (Å²) in [6.45, 7) is 7.41. The molecule has 0 saturated heterocycles. The van der Waals surface area contributed by atoms with Crippen LogP contribution in [0.5, 0.6) is 0 Å². The molecule has 0 bridgehead atoms. The number of unbranched alkanes of at least 4 members (excludes halogenated alkanes) is 53. The van der Waals surface area contributed by atoms with Crippen LogP contribution >= 0.6 is 15.6 Å². The molecular formula is C82H160O17P2. The molecule has 0 aromatic heterocycles. The van der Waals surface area contributed by atoms with E-state index in [1.54, 1.807) is 0 Å². The Morgan fingerprint density at radius 1 is 0.277 bits per heavy atom. The number of phosphoric acid groups is 2. The number of carbonyl (C=O) groups excluding carboxylic acids is 4. The Kier molecular flexibility index (Phi) is 73.5. The largest absolute Gasteiger partial charge is 0.472 e. The standard InChI is InChI=1S/C82H160O17P2/c1-6-10-13-16-19-22-25-34-40-45-50-55-60-65-79(84)92-71-77(98-81(86)67-62-57-52-47-42-36-27-24-21-18-15-12-8-3)73-96-100(88,89)94-69-76(83)70-95-101(90,91)97-74-78(72-93-80(85)66-61-56-51-46-41-35-26-23-20-17-14-11-7-2)99-82(87)68-63-58-53-48-43-38-33-31-29-28-30-32-37-39-44-49-54-59-64-75(5)9-4/h75-78,83H,6-74H2,1-5H3,(H,88,89)(H,90,91)/t75?,76-,77+,78+/m0/s1. The van der Waals surface area contributed by atoms with Gasteiger partial charge in [-0.2, -0.15) is 0 Å². The van der Waals surface area contributed by atoms with Gasteiger partial charge in [-0.05, 0) is 31.6 Å². The van der Waals surface area contributed by atoms with E-state index in [2.05, 4.69) is 34.6 Å². The zero-order valence-corrected chi connectivity index (χ0v) is 67.8. The number of carbonyl (C=O) groups is 4. The van der Waals surface area contributed by atoms with Gasteiger partial charge in [0.25, 0.3) is 0 Å². The van der Waals surface area contributed by atoms with Crippen LogP contribution in [0.1, 0.15) is 439 Å². The molecule has 3 N–H and O–H groups in total. The third kappa shape index (κ3) is 74.7. The number of esters is 4. The lowest BCUT2D eigenvalue weighted by Crippen LogP contribution is -2.30. The van der Waals surface area contributed by atoms with Gasteiger partial charge >= 0.3 is 39.5 Å². The van der Waals surface area contributed by atoms with Gasteiger partial charge in [0.1, 0.15) is 19.3 Å². The maximum Gasteiger partial charge on any atom is 0.472 e. The molecule has 0 radical (unpaired) electrons. The molecule has 0 aliphatic rings. The second-order valence-electron chi connectivity index (χ2n) is 29.8. The van der Waals surface area contributed by atoms with Crippen molar-refractivity contribution in [3.8, 4) is 0 Å². The van der Waals surface area contributed by atoms with Gasteiger partial charge in [0.15, 0.2) is 12.2 Å². The highest BCUT2D eigenvalue weighted by Gasteiger charge is 2.30. The van der Waals surface area contributed by atoms with Crippen LogP contribution in [0.3, 0.4) is 0 Å². The predicted octanol–water partition coefficient (Wildman–Crippen LogP) is 24.8. The van der Waals surface area contributed by atoms with Crippen molar-refractivity contribution in [3.05, 3.63) is 0 Å². The smallest absolute Gasteiger partial charge is 0.462 e. The summed E-state index contributed by atoms with van der Waals surface area (Å²) in [5.41, 5.74) is 0. The first kappa shape index (κ1) is 99.1. The Labute approximate surface area is 619 Å². The van der Waals surface area contributed by atoms with Gasteiger partial charge in [-0.1, -0.05) is 388 Å². The summed E-state index contributed by atoms with van der Waals surface area (Å²) < 4.78 is 68.8. The van der Waals surface area contributed by atoms with Gasteiger partial charge in [-0.3, -0.25) is 37.3 Å². The summed E-state index contributed by atoms with van der Waals surface area (Å²) >= 11 is 0. The van der Waals surface area contributed by atoms with Crippen LogP contribution < -0.4 is 0 Å². The van der Waals surface area contributed by atoms with Gasteiger partial charge < -0.3 is 33.8 Å². The fourth-order valence-corrected chi connectivity index (χ4v) is 14.3. The van der Waals surface area contributed by atoms with Crippen molar-refractivity contribution in [3.63, 3.8) is 0 Å². The fourth-order valence-electron chi connectivity index (χ4n) is 12.7. The molecule has 0 spiro atoms. The lowest BCUT2D eigenvalue weighted by Gasteiger charge is -2.21. The van der Waals surface area contributed by atoms with Crippen LogP contribution in [0.25, 0.3) is 0 Å². The van der Waals surface area contributed by atoms with Crippen molar-refractivity contribution in [2.45, 2.75) is 457 Å². The summed E-state index contributed by atoms with van der Waals surface area (Å²) in [5, 5.41) is 10.6. The van der Waals surface area contributed by atoms with E-state index in [1.807, 2.05) is 0 Å². The van der Waals surface area contributed by atoms with E-state index in [4.69, 9.17) is 37.0 Å². The molecule has 0 fully saturated rings. The minimum Gasteiger partial charge on any atom is -0.462 e. The van der Waals surface area contributed by atoms with Crippen molar-refractivity contribution in [1.82, 2.24) is 0 Å².